The van der Waals surface area contributed by atoms with Crippen molar-refractivity contribution in [3.05, 3.63) is 65.3 Å². The van der Waals surface area contributed by atoms with Crippen molar-refractivity contribution in [1.29, 1.82) is 0 Å². The normalized spacial score (nSPS) is 11.2. The zero-order valence-corrected chi connectivity index (χ0v) is 16.2. The molecule has 142 valence electrons. The van der Waals surface area contributed by atoms with Gasteiger partial charge in [0.2, 0.25) is 5.12 Å². The van der Waals surface area contributed by atoms with Gasteiger partial charge in [0.1, 0.15) is 16.9 Å². The lowest BCUT2D eigenvalue weighted by Gasteiger charge is -2.03. The van der Waals surface area contributed by atoms with Gasteiger partial charge in [-0.05, 0) is 42.5 Å². The predicted molar refractivity (Wildman–Crippen MR) is 108 cm³/mol. The van der Waals surface area contributed by atoms with Crippen molar-refractivity contribution in [2.75, 3.05) is 5.75 Å². The van der Waals surface area contributed by atoms with E-state index in [2.05, 4.69) is 15.4 Å². The van der Waals surface area contributed by atoms with Gasteiger partial charge in [0.15, 0.2) is 5.65 Å². The first-order valence-corrected chi connectivity index (χ1v) is 9.82. The molecule has 4 rings (SSSR count). The molecular formula is C20H18N4O3S. The van der Waals surface area contributed by atoms with Crippen molar-refractivity contribution in [2.24, 2.45) is 0 Å². The molecule has 0 spiro atoms. The molecule has 1 amide bonds. The fraction of sp³-hybridized carbons (Fsp3) is 0.200. The maximum absolute atomic E-state index is 12.5. The number of aromatic nitrogens is 3. The Bertz CT molecular complexity index is 1190. The van der Waals surface area contributed by atoms with Gasteiger partial charge in [0.25, 0.3) is 5.91 Å². The maximum atomic E-state index is 12.5. The number of hydrogen-bond acceptors (Lipinski definition) is 6. The van der Waals surface area contributed by atoms with E-state index in [-0.39, 0.29) is 17.6 Å². The van der Waals surface area contributed by atoms with Gasteiger partial charge in [-0.25, -0.2) is 9.50 Å². The lowest BCUT2D eigenvalue weighted by atomic mass is 10.1. The van der Waals surface area contributed by atoms with E-state index in [1.54, 1.807) is 23.0 Å². The summed E-state index contributed by atoms with van der Waals surface area (Å²) in [6.07, 6.45) is 4.83. The van der Waals surface area contributed by atoms with Crippen molar-refractivity contribution in [3.8, 4) is 0 Å². The van der Waals surface area contributed by atoms with Crippen LogP contribution in [0.25, 0.3) is 16.6 Å². The molecule has 0 bridgehead atoms. The molecule has 0 atom stereocenters. The van der Waals surface area contributed by atoms with Gasteiger partial charge in [0, 0.05) is 17.8 Å². The van der Waals surface area contributed by atoms with E-state index in [1.165, 1.54) is 18.0 Å². The van der Waals surface area contributed by atoms with Gasteiger partial charge in [-0.3, -0.25) is 9.59 Å². The van der Waals surface area contributed by atoms with E-state index in [1.807, 2.05) is 32.0 Å². The molecular weight excluding hydrogens is 376 g/mol. The van der Waals surface area contributed by atoms with E-state index in [0.717, 1.165) is 10.9 Å². The molecule has 4 aromatic rings. The summed E-state index contributed by atoms with van der Waals surface area (Å²) in [7, 11) is 0. The van der Waals surface area contributed by atoms with Crippen LogP contribution in [-0.4, -0.2) is 31.4 Å². The highest BCUT2D eigenvalue weighted by atomic mass is 32.2. The highest BCUT2D eigenvalue weighted by molar-refractivity contribution is 8.14. The molecule has 0 saturated carbocycles. The van der Waals surface area contributed by atoms with Crippen molar-refractivity contribution < 1.29 is 14.0 Å². The van der Waals surface area contributed by atoms with Gasteiger partial charge in [0.05, 0.1) is 18.3 Å². The van der Waals surface area contributed by atoms with Crippen molar-refractivity contribution in [3.63, 3.8) is 0 Å². The minimum Gasteiger partial charge on any atom is -0.458 e. The molecule has 0 unspecified atom stereocenters. The third kappa shape index (κ3) is 3.38. The number of nitrogens with one attached hydrogen (secondary N) is 1. The summed E-state index contributed by atoms with van der Waals surface area (Å²) < 4.78 is 7.44. The van der Waals surface area contributed by atoms with Gasteiger partial charge >= 0.3 is 0 Å². The molecule has 8 heteroatoms. The summed E-state index contributed by atoms with van der Waals surface area (Å²) in [5.41, 5.74) is 2.98. The van der Waals surface area contributed by atoms with Crippen LogP contribution < -0.4 is 5.32 Å². The standard InChI is InChI=1S/C20H18N4O3S/c1-3-28-20(26)15-8-12(2)7-13-9-14(27-17(13)15)10-22-19(25)16-11-23-24-6-4-5-21-18(16)24/h4-9,11H,3,10H2,1-2H3,(H,22,25). The molecule has 3 heterocycles. The summed E-state index contributed by atoms with van der Waals surface area (Å²) in [5, 5.41) is 7.78. The van der Waals surface area contributed by atoms with Crippen LogP contribution in [0.4, 0.5) is 0 Å². The monoisotopic (exact) mass is 394 g/mol. The molecule has 0 aliphatic carbocycles. The first kappa shape index (κ1) is 18.2. The Kier molecular flexibility index (Phi) is 4.87. The number of amides is 1. The van der Waals surface area contributed by atoms with Crippen molar-refractivity contribution in [2.45, 2.75) is 20.4 Å². The topological polar surface area (TPSA) is 89.5 Å². The molecule has 0 saturated heterocycles. The Morgan fingerprint density at radius 2 is 2.11 bits per heavy atom. The zero-order valence-electron chi connectivity index (χ0n) is 15.4. The smallest absolute Gasteiger partial charge is 0.257 e. The van der Waals surface area contributed by atoms with Crippen LogP contribution in [-0.2, 0) is 6.54 Å². The molecule has 0 fully saturated rings. The number of carbonyl (C=O) groups excluding carboxylic acids is 2. The fourth-order valence-electron chi connectivity index (χ4n) is 3.05. The highest BCUT2D eigenvalue weighted by Gasteiger charge is 2.17. The Morgan fingerprint density at radius 3 is 2.93 bits per heavy atom. The van der Waals surface area contributed by atoms with E-state index < -0.39 is 0 Å². The first-order chi connectivity index (χ1) is 13.6. The molecule has 1 N–H and O–H groups in total. The number of carbonyl (C=O) groups is 2. The summed E-state index contributed by atoms with van der Waals surface area (Å²) in [6, 6.07) is 7.40. The number of aryl methyl sites for hydroxylation is 1. The second-order valence-corrected chi connectivity index (χ2v) is 7.53. The Morgan fingerprint density at radius 1 is 1.25 bits per heavy atom. The first-order valence-electron chi connectivity index (χ1n) is 8.83. The second-order valence-electron chi connectivity index (χ2n) is 6.29. The molecule has 0 aliphatic heterocycles. The Balaban J connectivity index is 1.57. The summed E-state index contributed by atoms with van der Waals surface area (Å²) in [5.74, 6) is 0.989. The number of fused-ring (bicyclic) bond motifs is 2. The van der Waals surface area contributed by atoms with E-state index in [9.17, 15) is 9.59 Å². The lowest BCUT2D eigenvalue weighted by Crippen LogP contribution is -2.22. The quantitative estimate of drug-likeness (QED) is 0.556. The van der Waals surface area contributed by atoms with Gasteiger partial charge in [-0.2, -0.15) is 5.10 Å². The molecule has 0 aliphatic rings. The lowest BCUT2D eigenvalue weighted by molar-refractivity contribution is 0.0949. The van der Waals surface area contributed by atoms with Crippen LogP contribution in [0.1, 0.15) is 39.0 Å². The molecule has 7 nitrogen and oxygen atoms in total. The third-order valence-electron chi connectivity index (χ3n) is 4.25. The number of furan rings is 1. The number of nitrogens with zero attached hydrogens (tertiary/aromatic N) is 3. The van der Waals surface area contributed by atoms with Crippen LogP contribution in [0.2, 0.25) is 0 Å². The highest BCUT2D eigenvalue weighted by Crippen LogP contribution is 2.28. The van der Waals surface area contributed by atoms with E-state index in [0.29, 0.717) is 33.9 Å². The fourth-order valence-corrected chi connectivity index (χ4v) is 3.62. The SMILES string of the molecule is CCSC(=O)c1cc(C)cc2cc(CNC(=O)c3cnn4cccnc34)oc12. The second kappa shape index (κ2) is 7.47. The zero-order chi connectivity index (χ0) is 19.7. The molecule has 1 aromatic carbocycles. The van der Waals surface area contributed by atoms with Crippen molar-refractivity contribution >= 4 is 39.4 Å². The Hall–Kier alpha value is -3.13. The largest absolute Gasteiger partial charge is 0.458 e. The Labute approximate surface area is 165 Å². The minimum absolute atomic E-state index is 0.0152. The van der Waals surface area contributed by atoms with Gasteiger partial charge in [-0.15, -0.1) is 0 Å². The molecule has 28 heavy (non-hydrogen) atoms. The molecule has 0 radical (unpaired) electrons. The van der Waals surface area contributed by atoms with Crippen LogP contribution >= 0.6 is 11.8 Å². The maximum Gasteiger partial charge on any atom is 0.257 e. The minimum atomic E-state index is -0.289. The van der Waals surface area contributed by atoms with E-state index >= 15 is 0 Å². The third-order valence-corrected chi connectivity index (χ3v) is 5.02. The number of rotatable bonds is 5. The average Bonchev–Trinajstić information content (AvgIpc) is 3.29. The van der Waals surface area contributed by atoms with Crippen LogP contribution in [0.3, 0.4) is 0 Å². The van der Waals surface area contributed by atoms with Gasteiger partial charge < -0.3 is 9.73 Å². The number of hydrogen-bond donors (Lipinski definition) is 1. The van der Waals surface area contributed by atoms with Crippen LogP contribution in [0, 0.1) is 6.92 Å². The summed E-state index contributed by atoms with van der Waals surface area (Å²) in [6.45, 7) is 4.08. The summed E-state index contributed by atoms with van der Waals surface area (Å²) >= 11 is 1.25. The predicted octanol–water partition coefficient (Wildman–Crippen LogP) is 3.61. The number of benzene rings is 1. The van der Waals surface area contributed by atoms with Crippen LogP contribution in [0.5, 0.6) is 0 Å². The molecule has 3 aromatic heterocycles. The number of thioether (sulfide) groups is 1. The van der Waals surface area contributed by atoms with Gasteiger partial charge in [-0.1, -0.05) is 18.7 Å². The van der Waals surface area contributed by atoms with Crippen LogP contribution in [0.15, 0.2) is 47.3 Å². The average molecular weight is 394 g/mol. The van der Waals surface area contributed by atoms with E-state index in [4.69, 9.17) is 4.42 Å². The summed E-state index contributed by atoms with van der Waals surface area (Å²) in [4.78, 5) is 29.1. The van der Waals surface area contributed by atoms with Crippen molar-refractivity contribution in [1.82, 2.24) is 19.9 Å².